The van der Waals surface area contributed by atoms with Crippen LogP contribution in [0, 0.1) is 57.5 Å². The number of ketones is 3. The Kier molecular flexibility index (Phi) is 21.8. The smallest absolute Gasteiger partial charge is 0.869 e. The average Bonchev–Trinajstić information content (AvgIpc) is 2.96. The van der Waals surface area contributed by atoms with E-state index in [0.29, 0.717) is 0 Å². The Morgan fingerprint density at radius 2 is 0.692 bits per heavy atom. The first-order valence-electron chi connectivity index (χ1n) is 14.4. The van der Waals surface area contributed by atoms with Crippen LogP contribution >= 0.6 is 0 Å². The number of aromatic nitrogens is 2. The Morgan fingerprint density at radius 1 is 0.481 bits per heavy atom. The molecule has 2 rings (SSSR count). The zero-order valence-electron chi connectivity index (χ0n) is 29.7. The van der Waals surface area contributed by atoms with E-state index in [4.69, 9.17) is 0 Å². The van der Waals surface area contributed by atoms with Gasteiger partial charge in [-0.3, -0.25) is 24.4 Å². The second-order valence-electron chi connectivity index (χ2n) is 13.3. The molecule has 2 aromatic heterocycles. The third kappa shape index (κ3) is 23.3. The number of alkyl halides is 9. The van der Waals surface area contributed by atoms with Gasteiger partial charge in [0.15, 0.2) is 17.3 Å². The largest absolute Gasteiger partial charge is 3.00 e. The maximum absolute atomic E-state index is 11.7. The molecular formula is C34H38F9N2O6Pr. The van der Waals surface area contributed by atoms with Crippen LogP contribution in [0.15, 0.2) is 84.3 Å². The molecule has 286 valence electrons. The number of nitrogens with zero attached hydrogens (tertiary/aromatic N) is 2. The maximum Gasteiger partial charge on any atom is 3.00 e. The van der Waals surface area contributed by atoms with Crippen molar-refractivity contribution in [3.63, 3.8) is 0 Å². The van der Waals surface area contributed by atoms with Gasteiger partial charge in [-0.2, -0.15) is 39.5 Å². The van der Waals surface area contributed by atoms with Crippen LogP contribution in [0.3, 0.4) is 0 Å². The number of hydrogen-bond donors (Lipinski definition) is 0. The van der Waals surface area contributed by atoms with Crippen molar-refractivity contribution >= 4 is 17.3 Å². The van der Waals surface area contributed by atoms with Gasteiger partial charge < -0.3 is 15.3 Å². The molecule has 8 nitrogen and oxygen atoms in total. The normalized spacial score (nSPS) is 13.1. The van der Waals surface area contributed by atoms with Crippen molar-refractivity contribution in [1.29, 1.82) is 0 Å². The second kappa shape index (κ2) is 21.4. The van der Waals surface area contributed by atoms with Crippen LogP contribution in [-0.2, 0) is 14.4 Å². The van der Waals surface area contributed by atoms with E-state index in [-0.39, 0.29) is 59.5 Å². The molecule has 0 aliphatic heterocycles. The zero-order valence-corrected chi connectivity index (χ0v) is 33.4. The van der Waals surface area contributed by atoms with Crippen LogP contribution in [0.1, 0.15) is 62.3 Å². The van der Waals surface area contributed by atoms with Gasteiger partial charge in [-0.25, -0.2) is 0 Å². The number of carbonyl (C=O) groups excluding carboxylic acids is 3. The summed E-state index contributed by atoms with van der Waals surface area (Å²) in [6.07, 6.45) is -11.0. The monoisotopic (exact) mass is 882 g/mol. The standard InChI is InChI=1S/C10H8N2.3C8H11F3O2.Pr/c1-3-7-11-9(5-1)10-6-2-4-8-12-10;3*1-7(2,3)5(12)4-6(13)8(9,10)11;/h1-8H;3*4,13H,1-3H3;/q;;;;+3/p-3/b;3*6-4-;. The van der Waals surface area contributed by atoms with E-state index in [1.54, 1.807) is 12.4 Å². The zero-order chi connectivity index (χ0) is 40.8. The van der Waals surface area contributed by atoms with Crippen molar-refractivity contribution in [3.05, 3.63) is 84.3 Å². The van der Waals surface area contributed by atoms with E-state index in [1.807, 2.05) is 36.4 Å². The molecule has 0 aromatic carbocycles. The summed E-state index contributed by atoms with van der Waals surface area (Å²) < 4.78 is 105. The first-order valence-corrected chi connectivity index (χ1v) is 14.4. The summed E-state index contributed by atoms with van der Waals surface area (Å²) in [5.41, 5.74) is -1.04. The van der Waals surface area contributed by atoms with Crippen LogP contribution in [0.25, 0.3) is 11.4 Å². The van der Waals surface area contributed by atoms with Crippen LogP contribution in [0.5, 0.6) is 0 Å². The molecular weight excluding hydrogens is 844 g/mol. The predicted octanol–water partition coefficient (Wildman–Crippen LogP) is 6.37. The van der Waals surface area contributed by atoms with Gasteiger partial charge >= 0.3 is 59.8 Å². The topological polar surface area (TPSA) is 146 Å². The van der Waals surface area contributed by atoms with Crippen molar-refractivity contribution in [1.82, 2.24) is 9.97 Å². The van der Waals surface area contributed by atoms with Gasteiger partial charge in [-0.15, -0.1) is 0 Å². The van der Waals surface area contributed by atoms with Crippen molar-refractivity contribution < 1.29 is 111 Å². The Hall–Kier alpha value is -3.34. The minimum absolute atomic E-state index is 0. The molecule has 0 amide bonds. The number of carbonyl (C=O) groups is 3. The van der Waals surface area contributed by atoms with Gasteiger partial charge in [0.05, 0.1) is 11.4 Å². The molecule has 0 aliphatic carbocycles. The minimum Gasteiger partial charge on any atom is -0.869 e. The molecule has 18 heteroatoms. The van der Waals surface area contributed by atoms with Crippen LogP contribution in [0.4, 0.5) is 39.5 Å². The van der Waals surface area contributed by atoms with Crippen molar-refractivity contribution in [2.75, 3.05) is 0 Å². The fourth-order valence-electron chi connectivity index (χ4n) is 2.28. The molecule has 0 bridgehead atoms. The number of allylic oxidation sites excluding steroid dienone is 6. The van der Waals surface area contributed by atoms with E-state index in [2.05, 4.69) is 9.97 Å². The average molecular weight is 883 g/mol. The van der Waals surface area contributed by atoms with Gasteiger partial charge in [-0.05, 0) is 59.8 Å². The van der Waals surface area contributed by atoms with E-state index < -0.39 is 69.4 Å². The Labute approximate surface area is 328 Å². The van der Waals surface area contributed by atoms with E-state index in [9.17, 15) is 69.2 Å². The molecule has 0 saturated heterocycles. The molecule has 0 atom stereocenters. The molecule has 52 heavy (non-hydrogen) atoms. The molecule has 0 spiro atoms. The summed E-state index contributed by atoms with van der Waals surface area (Å²) in [7, 11) is 0. The van der Waals surface area contributed by atoms with Gasteiger partial charge in [0.1, 0.15) is 0 Å². The van der Waals surface area contributed by atoms with Crippen LogP contribution in [0.2, 0.25) is 0 Å². The Bertz CT molecular complexity index is 1350. The molecule has 0 saturated carbocycles. The second-order valence-corrected chi connectivity index (χ2v) is 13.3. The molecule has 2 heterocycles. The molecule has 0 unspecified atom stereocenters. The number of rotatable bonds is 4. The number of hydrogen-bond acceptors (Lipinski definition) is 8. The molecule has 0 radical (unpaired) electrons. The molecule has 0 N–H and O–H groups in total. The van der Waals surface area contributed by atoms with Gasteiger partial charge in [0.25, 0.3) is 0 Å². The third-order valence-corrected chi connectivity index (χ3v) is 5.43. The first-order chi connectivity index (χ1) is 22.6. The van der Waals surface area contributed by atoms with Crippen molar-refractivity contribution in [2.45, 2.75) is 80.8 Å². The van der Waals surface area contributed by atoms with Crippen molar-refractivity contribution in [2.24, 2.45) is 16.2 Å². The summed E-state index contributed by atoms with van der Waals surface area (Å²) in [5.74, 6) is -8.79. The Balaban J connectivity index is -0.000000612. The first kappa shape index (κ1) is 53.0. The van der Waals surface area contributed by atoms with Crippen molar-refractivity contribution in [3.8, 4) is 11.4 Å². The van der Waals surface area contributed by atoms with E-state index >= 15 is 0 Å². The van der Waals surface area contributed by atoms with Gasteiger partial charge in [0, 0.05) is 28.6 Å². The number of pyridine rings is 2. The van der Waals surface area contributed by atoms with Crippen LogP contribution in [-0.4, -0.2) is 45.8 Å². The molecule has 0 aliphatic rings. The summed E-state index contributed by atoms with van der Waals surface area (Å²) in [4.78, 5) is 41.2. The summed E-state index contributed by atoms with van der Waals surface area (Å²) in [6, 6.07) is 11.6. The quantitative estimate of drug-likeness (QED) is 0.196. The van der Waals surface area contributed by atoms with Gasteiger partial charge in [-0.1, -0.05) is 74.4 Å². The summed E-state index contributed by atoms with van der Waals surface area (Å²) in [6.45, 7) is 13.0. The van der Waals surface area contributed by atoms with E-state index in [0.717, 1.165) is 11.4 Å². The summed E-state index contributed by atoms with van der Waals surface area (Å²) >= 11 is 0. The van der Waals surface area contributed by atoms with E-state index in [1.165, 1.54) is 62.3 Å². The fraction of sp³-hybridized carbons (Fsp3) is 0.441. The fourth-order valence-corrected chi connectivity index (χ4v) is 2.28. The molecule has 2 aromatic rings. The summed E-state index contributed by atoms with van der Waals surface area (Å²) in [5, 5.41) is 31.0. The maximum atomic E-state index is 11.7. The third-order valence-electron chi connectivity index (χ3n) is 5.43. The Morgan fingerprint density at radius 3 is 0.827 bits per heavy atom. The predicted molar refractivity (Wildman–Crippen MR) is 163 cm³/mol. The van der Waals surface area contributed by atoms with Crippen LogP contribution < -0.4 is 15.3 Å². The number of halogens is 9. The molecule has 0 fully saturated rings. The minimum atomic E-state index is -4.96. The van der Waals surface area contributed by atoms with Gasteiger partial charge in [0.2, 0.25) is 0 Å². The SMILES string of the molecule is CC(C)(C)C(=O)/C=C(\[O-])C(F)(F)F.CC(C)(C)C(=O)/C=C(\[O-])C(F)(F)F.CC(C)(C)C(=O)/C=C(\[O-])C(F)(F)F.[Pr+3].c1ccc(-c2ccccn2)nc1.